The minimum Gasteiger partial charge on any atom is -0.494 e. The van der Waals surface area contributed by atoms with Crippen LogP contribution < -0.4 is 10.1 Å². The van der Waals surface area contributed by atoms with Gasteiger partial charge in [-0.1, -0.05) is 64.5 Å². The lowest BCUT2D eigenvalue weighted by molar-refractivity contribution is -0.128. The van der Waals surface area contributed by atoms with E-state index in [0.717, 1.165) is 5.56 Å². The van der Waals surface area contributed by atoms with Gasteiger partial charge in [-0.25, -0.2) is 17.8 Å². The molecule has 0 aliphatic carbocycles. The number of hydrogen-bond acceptors (Lipinski definition) is 8. The molecule has 0 unspecified atom stereocenters. The number of carbonyl (C=O) groups excluding carboxylic acids is 1. The molecule has 12 heteroatoms. The number of sulfone groups is 1. The van der Waals surface area contributed by atoms with Gasteiger partial charge in [0.15, 0.2) is 21.5 Å². The van der Waals surface area contributed by atoms with E-state index in [0.29, 0.717) is 52.4 Å². The Kier molecular flexibility index (Phi) is 12.3. The van der Waals surface area contributed by atoms with E-state index in [2.05, 4.69) is 21.2 Å². The van der Waals surface area contributed by atoms with E-state index in [-0.39, 0.29) is 35.4 Å². The molecule has 4 aromatic carbocycles. The summed E-state index contributed by atoms with van der Waals surface area (Å²) in [5.74, 6) is 0.920. The second-order valence-electron chi connectivity index (χ2n) is 11.1. The van der Waals surface area contributed by atoms with Gasteiger partial charge in [-0.2, -0.15) is 11.8 Å². The number of aliphatic hydroxyl groups excluding tert-OH is 1. The maximum atomic E-state index is 14.4. The minimum absolute atomic E-state index is 0.0240. The summed E-state index contributed by atoms with van der Waals surface area (Å²) in [7, 11) is -3.78. The first-order valence-electron chi connectivity index (χ1n) is 15.5. The first kappa shape index (κ1) is 35.6. The van der Waals surface area contributed by atoms with Crippen LogP contribution in [-0.4, -0.2) is 62.1 Å². The number of amides is 1. The Morgan fingerprint density at radius 3 is 2.42 bits per heavy atom. The summed E-state index contributed by atoms with van der Waals surface area (Å²) in [5.41, 5.74) is 0.585. The van der Waals surface area contributed by atoms with Crippen molar-refractivity contribution in [2.45, 2.75) is 35.1 Å². The summed E-state index contributed by atoms with van der Waals surface area (Å²) in [4.78, 5) is 19.5. The standard InChI is InChI=1S/C36H36BrFN2O6S2/c37-32-10-5-4-9-31(32)33-36(19-24-48(43,44)30-7-2-1-3-8-30,35(42)39-20-23-47-25-26-11-15-28(38)16-12-26)40-34(46-33)27-13-17-29(18-14-27)45-22-6-21-41/h1-5,7-18,33,41H,6,19-25H2,(H,39,42)/t33-,36-/m1/s1. The van der Waals surface area contributed by atoms with E-state index in [4.69, 9.17) is 19.6 Å². The number of aliphatic imine (C=N–C) groups is 1. The maximum absolute atomic E-state index is 14.4. The molecular formula is C36H36BrFN2O6S2. The number of thioether (sulfide) groups is 1. The molecule has 2 atom stereocenters. The third-order valence-electron chi connectivity index (χ3n) is 7.79. The number of halogens is 2. The highest BCUT2D eigenvalue weighted by atomic mass is 79.9. The van der Waals surface area contributed by atoms with Gasteiger partial charge in [0.1, 0.15) is 11.6 Å². The number of aliphatic hydroxyl groups is 1. The van der Waals surface area contributed by atoms with Gasteiger partial charge in [0.2, 0.25) is 5.90 Å². The highest BCUT2D eigenvalue weighted by molar-refractivity contribution is 9.10. The van der Waals surface area contributed by atoms with Crippen molar-refractivity contribution in [1.82, 2.24) is 5.32 Å². The predicted octanol–water partition coefficient (Wildman–Crippen LogP) is 6.52. The van der Waals surface area contributed by atoms with Crippen molar-refractivity contribution < 1.29 is 32.2 Å². The van der Waals surface area contributed by atoms with Gasteiger partial charge in [-0.3, -0.25) is 4.79 Å². The highest BCUT2D eigenvalue weighted by Crippen LogP contribution is 2.45. The Bertz CT molecular complexity index is 1810. The molecule has 1 aliphatic rings. The smallest absolute Gasteiger partial charge is 0.252 e. The highest BCUT2D eigenvalue weighted by Gasteiger charge is 2.54. The fourth-order valence-electron chi connectivity index (χ4n) is 5.23. The molecule has 4 aromatic rings. The third-order valence-corrected chi connectivity index (χ3v) is 11.3. The number of carbonyl (C=O) groups is 1. The van der Waals surface area contributed by atoms with E-state index >= 15 is 0 Å². The average molecular weight is 756 g/mol. The first-order valence-corrected chi connectivity index (χ1v) is 19.1. The van der Waals surface area contributed by atoms with Crippen molar-refractivity contribution in [2.75, 3.05) is 31.3 Å². The largest absolute Gasteiger partial charge is 0.494 e. The van der Waals surface area contributed by atoms with Crippen molar-refractivity contribution in [2.24, 2.45) is 4.99 Å². The lowest BCUT2D eigenvalue weighted by Gasteiger charge is -2.31. The zero-order chi connectivity index (χ0) is 34.0. The monoisotopic (exact) mass is 754 g/mol. The molecular weight excluding hydrogens is 719 g/mol. The molecule has 1 aliphatic heterocycles. The quantitative estimate of drug-likeness (QED) is 0.125. The normalized spacial score (nSPS) is 17.4. The molecule has 0 spiro atoms. The van der Waals surface area contributed by atoms with Crippen molar-refractivity contribution in [3.63, 3.8) is 0 Å². The Hall–Kier alpha value is -3.71. The van der Waals surface area contributed by atoms with Crippen molar-refractivity contribution >= 4 is 49.3 Å². The summed E-state index contributed by atoms with van der Waals surface area (Å²) >= 11 is 5.19. The zero-order valence-electron chi connectivity index (χ0n) is 26.1. The van der Waals surface area contributed by atoms with E-state index in [9.17, 15) is 17.6 Å². The molecule has 1 heterocycles. The van der Waals surface area contributed by atoms with E-state index in [1.807, 2.05) is 24.3 Å². The van der Waals surface area contributed by atoms with E-state index < -0.39 is 27.4 Å². The number of nitrogens with one attached hydrogen (secondary N) is 1. The molecule has 2 N–H and O–H groups in total. The number of ether oxygens (including phenoxy) is 2. The van der Waals surface area contributed by atoms with Crippen molar-refractivity contribution in [3.8, 4) is 5.75 Å². The van der Waals surface area contributed by atoms with Gasteiger partial charge in [-0.15, -0.1) is 0 Å². The molecule has 0 saturated heterocycles. The van der Waals surface area contributed by atoms with Crippen LogP contribution in [0.25, 0.3) is 0 Å². The Morgan fingerprint density at radius 2 is 1.71 bits per heavy atom. The second kappa shape index (κ2) is 16.6. The summed E-state index contributed by atoms with van der Waals surface area (Å²) < 4.78 is 53.2. The summed E-state index contributed by atoms with van der Waals surface area (Å²) in [6.45, 7) is 0.681. The van der Waals surface area contributed by atoms with Crippen molar-refractivity contribution in [3.05, 3.63) is 130 Å². The van der Waals surface area contributed by atoms with E-state index in [1.165, 1.54) is 24.3 Å². The molecule has 5 rings (SSSR count). The van der Waals surface area contributed by atoms with Gasteiger partial charge < -0.3 is 19.9 Å². The Balaban J connectivity index is 1.45. The van der Waals surface area contributed by atoms with Gasteiger partial charge in [0.25, 0.3) is 5.91 Å². The van der Waals surface area contributed by atoms with Crippen LogP contribution in [0.1, 0.15) is 35.6 Å². The number of hydrogen-bond donors (Lipinski definition) is 2. The number of benzene rings is 4. The second-order valence-corrected chi connectivity index (χ2v) is 15.2. The number of nitrogens with zero attached hydrogens (tertiary/aromatic N) is 1. The molecule has 1 amide bonds. The topological polar surface area (TPSA) is 114 Å². The van der Waals surface area contributed by atoms with Crippen LogP contribution in [0, 0.1) is 5.82 Å². The SMILES string of the molecule is O=C(NCCSCc1ccc(F)cc1)[C@]1(CCS(=O)(=O)c2ccccc2)N=C(c2ccc(OCCCO)cc2)O[C@@H]1c1ccccc1Br. The molecule has 252 valence electrons. The zero-order valence-corrected chi connectivity index (χ0v) is 29.3. The van der Waals surface area contributed by atoms with Crippen molar-refractivity contribution in [1.29, 1.82) is 0 Å². The summed E-state index contributed by atoms with van der Waals surface area (Å²) in [6, 6.07) is 28.8. The van der Waals surface area contributed by atoms with Gasteiger partial charge in [0, 0.05) is 53.1 Å². The van der Waals surface area contributed by atoms with Gasteiger partial charge >= 0.3 is 0 Å². The lowest BCUT2D eigenvalue weighted by Crippen LogP contribution is -2.50. The Labute approximate surface area is 292 Å². The molecule has 0 aromatic heterocycles. The minimum atomic E-state index is -3.78. The number of rotatable bonds is 16. The van der Waals surface area contributed by atoms with Gasteiger partial charge in [-0.05, 0) is 60.2 Å². The summed E-state index contributed by atoms with van der Waals surface area (Å²) in [5, 5.41) is 12.1. The molecule has 0 bridgehead atoms. The third kappa shape index (κ3) is 8.84. The fraction of sp³-hybridized carbons (Fsp3) is 0.278. The van der Waals surface area contributed by atoms with E-state index in [1.54, 1.807) is 66.4 Å². The summed E-state index contributed by atoms with van der Waals surface area (Å²) in [6.07, 6.45) is -0.586. The lowest BCUT2D eigenvalue weighted by atomic mass is 9.85. The maximum Gasteiger partial charge on any atom is 0.252 e. The average Bonchev–Trinajstić information content (AvgIpc) is 3.50. The fourth-order valence-corrected chi connectivity index (χ4v) is 7.93. The molecule has 48 heavy (non-hydrogen) atoms. The molecule has 0 fully saturated rings. The van der Waals surface area contributed by atoms with Gasteiger partial charge in [0.05, 0.1) is 17.3 Å². The van der Waals surface area contributed by atoms with Crippen LogP contribution in [0.2, 0.25) is 0 Å². The molecule has 0 saturated carbocycles. The van der Waals surface area contributed by atoms with Crippen LogP contribution in [0.4, 0.5) is 4.39 Å². The van der Waals surface area contributed by atoms with Crippen LogP contribution in [0.15, 0.2) is 117 Å². The Morgan fingerprint density at radius 1 is 1.00 bits per heavy atom. The van der Waals surface area contributed by atoms with Crippen LogP contribution in [0.3, 0.4) is 0 Å². The molecule has 8 nitrogen and oxygen atoms in total. The first-order chi connectivity index (χ1) is 23.2. The predicted molar refractivity (Wildman–Crippen MR) is 190 cm³/mol. The molecule has 0 radical (unpaired) electrons. The van der Waals surface area contributed by atoms with Crippen LogP contribution in [0.5, 0.6) is 5.75 Å². The van der Waals surface area contributed by atoms with Crippen LogP contribution >= 0.6 is 27.7 Å². The van der Waals surface area contributed by atoms with Crippen LogP contribution in [-0.2, 0) is 25.1 Å².